The highest BCUT2D eigenvalue weighted by Gasteiger charge is 2.39. The molecule has 8 nitrogen and oxygen atoms in total. The quantitative estimate of drug-likeness (QED) is 0.819. The van der Waals surface area contributed by atoms with Crippen LogP contribution in [0.15, 0.2) is 12.3 Å². The van der Waals surface area contributed by atoms with Crippen LogP contribution in [0.4, 0.5) is 5.69 Å². The maximum Gasteiger partial charge on any atom is 0.210 e. The number of nitrogens with one attached hydrogen (secondary N) is 1. The summed E-state index contributed by atoms with van der Waals surface area (Å²) < 4.78 is 5.90. The number of pyridine rings is 1. The van der Waals surface area contributed by atoms with Gasteiger partial charge in [-0.2, -0.15) is 0 Å². The number of H-pyrrole nitrogens is 1. The lowest BCUT2D eigenvalue weighted by Gasteiger charge is -2.40. The molecule has 0 saturated carbocycles. The highest BCUT2D eigenvalue weighted by Crippen LogP contribution is 2.34. The molecule has 5 heterocycles. The summed E-state index contributed by atoms with van der Waals surface area (Å²) in [6, 6.07) is 2.66. The van der Waals surface area contributed by atoms with E-state index < -0.39 is 0 Å². The van der Waals surface area contributed by atoms with Gasteiger partial charge in [-0.05, 0) is 26.0 Å². The topological polar surface area (TPSA) is 77.6 Å². The highest BCUT2D eigenvalue weighted by atomic mass is 16.5. The SMILES string of the molecule is CN1CCOC(c2nc3c(N4CC5CCC(C4)N5C=O)ccnc3[nH]2)C1. The molecule has 2 bridgehead atoms. The average molecular weight is 356 g/mol. The van der Waals surface area contributed by atoms with Gasteiger partial charge in [-0.25, -0.2) is 9.97 Å². The summed E-state index contributed by atoms with van der Waals surface area (Å²) in [5, 5.41) is 0. The summed E-state index contributed by atoms with van der Waals surface area (Å²) in [7, 11) is 2.10. The number of carbonyl (C=O) groups excluding carboxylic acids is 1. The minimum Gasteiger partial charge on any atom is -0.368 e. The number of aromatic nitrogens is 3. The van der Waals surface area contributed by atoms with Gasteiger partial charge in [-0.3, -0.25) is 4.79 Å². The number of aromatic amines is 1. The molecule has 0 aromatic carbocycles. The molecule has 3 atom stereocenters. The van der Waals surface area contributed by atoms with Crippen LogP contribution in [-0.2, 0) is 9.53 Å². The molecule has 26 heavy (non-hydrogen) atoms. The number of fused-ring (bicyclic) bond motifs is 3. The average Bonchev–Trinajstić information content (AvgIpc) is 3.19. The summed E-state index contributed by atoms with van der Waals surface area (Å²) in [4.78, 5) is 30.7. The van der Waals surface area contributed by atoms with Crippen molar-refractivity contribution in [3.63, 3.8) is 0 Å². The number of nitrogens with zero attached hydrogens (tertiary/aromatic N) is 5. The van der Waals surface area contributed by atoms with Crippen molar-refractivity contribution in [3.05, 3.63) is 18.1 Å². The van der Waals surface area contributed by atoms with Gasteiger partial charge in [0.2, 0.25) is 6.41 Å². The van der Waals surface area contributed by atoms with Crippen molar-refractivity contribution in [1.82, 2.24) is 24.8 Å². The molecule has 1 N–H and O–H groups in total. The molecule has 2 aromatic heterocycles. The first-order valence-corrected chi connectivity index (χ1v) is 9.35. The number of ether oxygens (including phenoxy) is 1. The fraction of sp³-hybridized carbons (Fsp3) is 0.611. The Hall–Kier alpha value is -2.19. The first kappa shape index (κ1) is 16.0. The van der Waals surface area contributed by atoms with Crippen molar-refractivity contribution >= 4 is 23.3 Å². The van der Waals surface area contributed by atoms with E-state index in [2.05, 4.69) is 26.8 Å². The largest absolute Gasteiger partial charge is 0.368 e. The third-order valence-electron chi connectivity index (χ3n) is 5.96. The van der Waals surface area contributed by atoms with Crippen LogP contribution < -0.4 is 4.90 Å². The van der Waals surface area contributed by atoms with Gasteiger partial charge in [0.05, 0.1) is 12.3 Å². The van der Waals surface area contributed by atoms with Gasteiger partial charge >= 0.3 is 0 Å². The van der Waals surface area contributed by atoms with Crippen molar-refractivity contribution in [2.24, 2.45) is 0 Å². The zero-order chi connectivity index (χ0) is 17.7. The number of rotatable bonds is 3. The van der Waals surface area contributed by atoms with Crippen molar-refractivity contribution in [2.75, 3.05) is 44.7 Å². The maximum atomic E-state index is 11.3. The second-order valence-corrected chi connectivity index (χ2v) is 7.61. The molecule has 0 radical (unpaired) electrons. The van der Waals surface area contributed by atoms with Crippen LogP contribution in [0.3, 0.4) is 0 Å². The fourth-order valence-corrected chi connectivity index (χ4v) is 4.57. The maximum absolute atomic E-state index is 11.3. The molecule has 3 aliphatic rings. The highest BCUT2D eigenvalue weighted by molar-refractivity contribution is 5.86. The van der Waals surface area contributed by atoms with Gasteiger partial charge in [-0.1, -0.05) is 0 Å². The van der Waals surface area contributed by atoms with Gasteiger partial charge in [0.1, 0.15) is 17.4 Å². The number of anilines is 1. The Morgan fingerprint density at radius 2 is 2.08 bits per heavy atom. The first-order chi connectivity index (χ1) is 12.7. The van der Waals surface area contributed by atoms with Gasteiger partial charge in [0, 0.05) is 44.5 Å². The number of hydrogen-bond acceptors (Lipinski definition) is 6. The van der Waals surface area contributed by atoms with Gasteiger partial charge < -0.3 is 24.4 Å². The molecular formula is C18H24N6O2. The monoisotopic (exact) mass is 356 g/mol. The van der Waals surface area contributed by atoms with Crippen LogP contribution in [-0.4, -0.2) is 83.1 Å². The molecule has 2 aromatic rings. The van der Waals surface area contributed by atoms with Crippen LogP contribution in [0.2, 0.25) is 0 Å². The van der Waals surface area contributed by atoms with E-state index >= 15 is 0 Å². The third-order valence-corrected chi connectivity index (χ3v) is 5.96. The van der Waals surface area contributed by atoms with Crippen molar-refractivity contribution in [2.45, 2.75) is 31.0 Å². The molecule has 138 valence electrons. The molecule has 0 spiro atoms. The lowest BCUT2D eigenvalue weighted by atomic mass is 10.2. The lowest BCUT2D eigenvalue weighted by Crippen LogP contribution is -2.53. The van der Waals surface area contributed by atoms with Crippen LogP contribution in [0.5, 0.6) is 0 Å². The molecule has 3 aliphatic heterocycles. The van der Waals surface area contributed by atoms with Crippen molar-refractivity contribution in [3.8, 4) is 0 Å². The van der Waals surface area contributed by atoms with E-state index in [1.807, 2.05) is 17.2 Å². The standard InChI is InChI=1S/C18H24N6O2/c1-22-6-7-26-15(10-22)17-20-16-14(4-5-19-18(16)21-17)23-8-12-2-3-13(9-23)24(12)11-25/h4-5,11-13,15H,2-3,6-10H2,1H3,(H,19,20,21). The van der Waals surface area contributed by atoms with E-state index in [9.17, 15) is 4.79 Å². The van der Waals surface area contributed by atoms with E-state index in [4.69, 9.17) is 9.72 Å². The van der Waals surface area contributed by atoms with Crippen molar-refractivity contribution in [1.29, 1.82) is 0 Å². The van der Waals surface area contributed by atoms with E-state index in [0.29, 0.717) is 12.1 Å². The Kier molecular flexibility index (Phi) is 3.82. The van der Waals surface area contributed by atoms with Crippen LogP contribution in [0.25, 0.3) is 11.2 Å². The Balaban J connectivity index is 1.46. The summed E-state index contributed by atoms with van der Waals surface area (Å²) in [5.74, 6) is 0.848. The number of carbonyl (C=O) groups is 1. The Morgan fingerprint density at radius 3 is 2.81 bits per heavy atom. The summed E-state index contributed by atoms with van der Waals surface area (Å²) in [5.41, 5.74) is 2.81. The zero-order valence-corrected chi connectivity index (χ0v) is 15.0. The van der Waals surface area contributed by atoms with Crippen molar-refractivity contribution < 1.29 is 9.53 Å². The number of hydrogen-bond donors (Lipinski definition) is 1. The molecule has 8 heteroatoms. The van der Waals surface area contributed by atoms with E-state index in [1.54, 1.807) is 0 Å². The second-order valence-electron chi connectivity index (χ2n) is 7.61. The minimum absolute atomic E-state index is 0.0427. The Bertz CT molecular complexity index is 809. The van der Waals surface area contributed by atoms with Gasteiger partial charge in [0.25, 0.3) is 0 Å². The molecular weight excluding hydrogens is 332 g/mol. The first-order valence-electron chi connectivity index (χ1n) is 9.35. The molecule has 5 rings (SSSR count). The van der Waals surface area contributed by atoms with E-state index in [-0.39, 0.29) is 6.10 Å². The molecule has 3 fully saturated rings. The second kappa shape index (κ2) is 6.21. The summed E-state index contributed by atoms with van der Waals surface area (Å²) >= 11 is 0. The minimum atomic E-state index is -0.0427. The number of likely N-dealkylation sites (N-methyl/N-ethyl adjacent to an activating group) is 1. The number of piperazine rings is 1. The summed E-state index contributed by atoms with van der Waals surface area (Å²) in [6.45, 7) is 4.22. The molecule has 0 aliphatic carbocycles. The number of imidazole rings is 1. The smallest absolute Gasteiger partial charge is 0.210 e. The molecule has 1 amide bonds. The van der Waals surface area contributed by atoms with Gasteiger partial charge in [0.15, 0.2) is 5.65 Å². The number of amides is 1. The zero-order valence-electron chi connectivity index (χ0n) is 15.0. The summed E-state index contributed by atoms with van der Waals surface area (Å²) in [6.07, 6.45) is 4.98. The molecule has 3 saturated heterocycles. The third kappa shape index (κ3) is 2.55. The lowest BCUT2D eigenvalue weighted by molar-refractivity contribution is -0.121. The van der Waals surface area contributed by atoms with E-state index in [1.165, 1.54) is 0 Å². The normalized spacial score (nSPS) is 29.5. The predicted molar refractivity (Wildman–Crippen MR) is 97.0 cm³/mol. The number of morpholine rings is 1. The van der Waals surface area contributed by atoms with Crippen LogP contribution >= 0.6 is 0 Å². The Morgan fingerprint density at radius 1 is 1.27 bits per heavy atom. The fourth-order valence-electron chi connectivity index (χ4n) is 4.57. The van der Waals surface area contributed by atoms with Gasteiger partial charge in [-0.15, -0.1) is 0 Å². The van der Waals surface area contributed by atoms with Crippen LogP contribution in [0, 0.1) is 0 Å². The predicted octanol–water partition coefficient (Wildman–Crippen LogP) is 0.770. The van der Waals surface area contributed by atoms with E-state index in [0.717, 1.165) is 74.7 Å². The molecule has 3 unspecified atom stereocenters. The van der Waals surface area contributed by atoms with Crippen LogP contribution in [0.1, 0.15) is 24.8 Å². The Labute approximate surface area is 152 Å².